The number of nitriles is 2. The Labute approximate surface area is 327 Å². The summed E-state index contributed by atoms with van der Waals surface area (Å²) in [5, 5.41) is 24.6. The SMILES string of the molecule is Cc1ccc(C(=O)NCc2ccc(Cl)cc2Cl)c(=O)n1-c1cccc(C#N)c1.Cc1ccccc1CNC(=O)c1ccc(C)n(-c2cccc(C#N)c2)c1=O. The lowest BCUT2D eigenvalue weighted by Crippen LogP contribution is -2.33. The van der Waals surface area contributed by atoms with Crippen molar-refractivity contribution < 1.29 is 9.59 Å². The summed E-state index contributed by atoms with van der Waals surface area (Å²) in [6.45, 7) is 6.03. The minimum Gasteiger partial charge on any atom is -0.348 e. The number of nitrogens with zero attached hydrogens (tertiary/aromatic N) is 4. The van der Waals surface area contributed by atoms with Gasteiger partial charge in [-0.1, -0.05) is 65.7 Å². The molecule has 6 rings (SSSR count). The van der Waals surface area contributed by atoms with Crippen LogP contribution in [0.5, 0.6) is 0 Å². The molecule has 0 atom stereocenters. The Morgan fingerprint density at radius 3 is 1.56 bits per heavy atom. The molecule has 2 N–H and O–H groups in total. The maximum atomic E-state index is 12.9. The van der Waals surface area contributed by atoms with Crippen LogP contribution >= 0.6 is 23.2 Å². The van der Waals surface area contributed by atoms with Gasteiger partial charge in [-0.2, -0.15) is 10.5 Å². The Balaban J connectivity index is 0.000000211. The van der Waals surface area contributed by atoms with Crippen molar-refractivity contribution in [2.24, 2.45) is 0 Å². The number of halogens is 2. The third-order valence-corrected chi connectivity index (χ3v) is 9.25. The number of aromatic nitrogens is 2. The molecule has 0 saturated carbocycles. The van der Waals surface area contributed by atoms with E-state index in [0.717, 1.165) is 11.1 Å². The summed E-state index contributed by atoms with van der Waals surface area (Å²) in [5.41, 5.74) is 5.26. The number of rotatable bonds is 8. The van der Waals surface area contributed by atoms with E-state index in [4.69, 9.17) is 33.7 Å². The fourth-order valence-electron chi connectivity index (χ4n) is 5.69. The maximum absolute atomic E-state index is 12.9. The summed E-state index contributed by atoms with van der Waals surface area (Å²) in [5.74, 6) is -0.936. The third kappa shape index (κ3) is 9.45. The lowest BCUT2D eigenvalue weighted by Gasteiger charge is -2.13. The van der Waals surface area contributed by atoms with E-state index < -0.39 is 22.9 Å². The Kier molecular flexibility index (Phi) is 12.8. The Bertz CT molecular complexity index is 2640. The smallest absolute Gasteiger partial charge is 0.268 e. The fraction of sp³-hybridized carbons (Fsp3) is 0.116. The number of pyridine rings is 2. The van der Waals surface area contributed by atoms with Gasteiger partial charge in [0, 0.05) is 34.5 Å². The Hall–Kier alpha value is -6.72. The molecular weight excluding hydrogens is 735 g/mol. The predicted octanol–water partition coefficient (Wildman–Crippen LogP) is 7.51. The van der Waals surface area contributed by atoms with Crippen LogP contribution in [-0.2, 0) is 13.1 Å². The van der Waals surface area contributed by atoms with Gasteiger partial charge in [-0.05, 0) is 110 Å². The van der Waals surface area contributed by atoms with E-state index in [1.165, 1.54) is 21.3 Å². The van der Waals surface area contributed by atoms with Crippen molar-refractivity contribution in [3.8, 4) is 23.5 Å². The number of hydrogen-bond donors (Lipinski definition) is 2. The normalized spacial score (nSPS) is 10.3. The van der Waals surface area contributed by atoms with E-state index >= 15 is 0 Å². The first kappa shape index (κ1) is 39.5. The topological polar surface area (TPSA) is 150 Å². The van der Waals surface area contributed by atoms with Gasteiger partial charge in [-0.25, -0.2) is 0 Å². The van der Waals surface area contributed by atoms with E-state index in [0.29, 0.717) is 56.0 Å². The van der Waals surface area contributed by atoms with E-state index in [-0.39, 0.29) is 17.7 Å². The molecule has 2 amide bonds. The first-order valence-corrected chi connectivity index (χ1v) is 17.7. The number of aryl methyl sites for hydroxylation is 3. The van der Waals surface area contributed by atoms with Gasteiger partial charge in [0.25, 0.3) is 22.9 Å². The molecule has 0 aliphatic carbocycles. The summed E-state index contributed by atoms with van der Waals surface area (Å²) in [7, 11) is 0. The highest BCUT2D eigenvalue weighted by Crippen LogP contribution is 2.21. The molecule has 0 spiro atoms. The lowest BCUT2D eigenvalue weighted by atomic mass is 10.1. The van der Waals surface area contributed by atoms with E-state index in [1.807, 2.05) is 37.3 Å². The zero-order chi connectivity index (χ0) is 39.6. The molecular formula is C43H34Cl2N6O4. The molecule has 55 heavy (non-hydrogen) atoms. The molecule has 10 nitrogen and oxygen atoms in total. The molecule has 2 aromatic heterocycles. The second-order valence-electron chi connectivity index (χ2n) is 12.4. The lowest BCUT2D eigenvalue weighted by molar-refractivity contribution is 0.0941. The second kappa shape index (κ2) is 17.9. The van der Waals surface area contributed by atoms with Crippen LogP contribution in [0.4, 0.5) is 0 Å². The van der Waals surface area contributed by atoms with Crippen LogP contribution in [0, 0.1) is 43.4 Å². The van der Waals surface area contributed by atoms with Gasteiger partial charge in [0.1, 0.15) is 11.1 Å². The largest absolute Gasteiger partial charge is 0.348 e. The maximum Gasteiger partial charge on any atom is 0.268 e. The summed E-state index contributed by atoms with van der Waals surface area (Å²) in [6.07, 6.45) is 0. The van der Waals surface area contributed by atoms with Crippen LogP contribution in [0.2, 0.25) is 10.0 Å². The highest BCUT2D eigenvalue weighted by Gasteiger charge is 2.17. The van der Waals surface area contributed by atoms with Crippen LogP contribution in [0.25, 0.3) is 11.4 Å². The van der Waals surface area contributed by atoms with Gasteiger partial charge in [0.15, 0.2) is 0 Å². The van der Waals surface area contributed by atoms with Crippen molar-refractivity contribution in [1.29, 1.82) is 10.5 Å². The van der Waals surface area contributed by atoms with E-state index in [1.54, 1.807) is 92.7 Å². The predicted molar refractivity (Wildman–Crippen MR) is 213 cm³/mol. The average Bonchev–Trinajstić information content (AvgIpc) is 3.17. The first-order valence-electron chi connectivity index (χ1n) is 16.9. The molecule has 6 aromatic rings. The summed E-state index contributed by atoms with van der Waals surface area (Å²) >= 11 is 12.0. The Morgan fingerprint density at radius 1 is 0.600 bits per heavy atom. The van der Waals surface area contributed by atoms with Crippen molar-refractivity contribution in [1.82, 2.24) is 19.8 Å². The summed E-state index contributed by atoms with van der Waals surface area (Å²) in [6, 6.07) is 36.7. The quantitative estimate of drug-likeness (QED) is 0.164. The molecule has 0 bridgehead atoms. The standard InChI is InChI=1S/C22H19N3O2.C21H15Cl2N3O2/c1-15-6-3-4-8-18(15)14-24-21(26)20-11-10-16(2)25(22(20)27)19-9-5-7-17(12-19)13-23;1-13-5-8-18(20(27)25-12-15-6-7-16(22)10-19(15)23)21(28)26(13)17-4-2-3-14(9-17)11-24/h3-12H,14H2,1-2H3,(H,24,26);2-10H,12H2,1H3,(H,25,27). The number of nitrogens with one attached hydrogen (secondary N) is 2. The van der Waals surface area contributed by atoms with Gasteiger partial charge < -0.3 is 10.6 Å². The second-order valence-corrected chi connectivity index (χ2v) is 13.3. The molecule has 0 aliphatic heterocycles. The molecule has 0 fully saturated rings. The van der Waals surface area contributed by atoms with Gasteiger partial charge in [-0.3, -0.25) is 28.3 Å². The zero-order valence-corrected chi connectivity index (χ0v) is 31.6. The molecule has 274 valence electrons. The summed E-state index contributed by atoms with van der Waals surface area (Å²) in [4.78, 5) is 51.0. The fourth-order valence-corrected chi connectivity index (χ4v) is 6.17. The molecule has 4 aromatic carbocycles. The van der Waals surface area contributed by atoms with Gasteiger partial charge in [0.05, 0.1) is 34.6 Å². The van der Waals surface area contributed by atoms with Crippen molar-refractivity contribution in [2.75, 3.05) is 0 Å². The molecule has 0 aliphatic rings. The first-order chi connectivity index (χ1) is 26.4. The monoisotopic (exact) mass is 768 g/mol. The van der Waals surface area contributed by atoms with Crippen LogP contribution < -0.4 is 21.8 Å². The van der Waals surface area contributed by atoms with Crippen LogP contribution in [-0.4, -0.2) is 20.9 Å². The summed E-state index contributed by atoms with van der Waals surface area (Å²) < 4.78 is 2.86. The van der Waals surface area contributed by atoms with Crippen molar-refractivity contribution in [2.45, 2.75) is 33.9 Å². The Morgan fingerprint density at radius 2 is 1.09 bits per heavy atom. The van der Waals surface area contributed by atoms with Gasteiger partial charge >= 0.3 is 0 Å². The van der Waals surface area contributed by atoms with Crippen molar-refractivity contribution in [3.05, 3.63) is 196 Å². The molecule has 2 heterocycles. The number of carbonyl (C=O) groups excluding carboxylic acids is 2. The van der Waals surface area contributed by atoms with Crippen molar-refractivity contribution >= 4 is 35.0 Å². The number of benzene rings is 4. The number of hydrogen-bond acceptors (Lipinski definition) is 6. The molecule has 12 heteroatoms. The minimum absolute atomic E-state index is 0.00181. The van der Waals surface area contributed by atoms with Gasteiger partial charge in [0.2, 0.25) is 0 Å². The van der Waals surface area contributed by atoms with E-state index in [2.05, 4.69) is 16.7 Å². The zero-order valence-electron chi connectivity index (χ0n) is 30.1. The molecule has 0 radical (unpaired) electrons. The van der Waals surface area contributed by atoms with Crippen molar-refractivity contribution in [3.63, 3.8) is 0 Å². The highest BCUT2D eigenvalue weighted by molar-refractivity contribution is 6.35. The van der Waals surface area contributed by atoms with Crippen LogP contribution in [0.3, 0.4) is 0 Å². The highest BCUT2D eigenvalue weighted by atomic mass is 35.5. The molecule has 0 saturated heterocycles. The number of amides is 2. The van der Waals surface area contributed by atoms with Gasteiger partial charge in [-0.15, -0.1) is 0 Å². The average molecular weight is 770 g/mol. The van der Waals surface area contributed by atoms with Crippen LogP contribution in [0.1, 0.15) is 59.9 Å². The molecule has 0 unspecified atom stereocenters. The van der Waals surface area contributed by atoms with E-state index in [9.17, 15) is 19.2 Å². The third-order valence-electron chi connectivity index (χ3n) is 8.67. The van der Waals surface area contributed by atoms with Crippen LogP contribution in [0.15, 0.2) is 125 Å². The number of carbonyl (C=O) groups is 2. The minimum atomic E-state index is -0.513.